The Morgan fingerprint density at radius 2 is 1.96 bits per heavy atom. The summed E-state index contributed by atoms with van der Waals surface area (Å²) in [5.74, 6) is -0.152. The number of carbonyl (C=O) groups is 2. The Bertz CT molecular complexity index is 997. The first-order valence-electron chi connectivity index (χ1n) is 8.00. The Hall–Kier alpha value is -2.77. The number of pyridine rings is 1. The first-order chi connectivity index (χ1) is 13.0. The second kappa shape index (κ2) is 8.75. The van der Waals surface area contributed by atoms with Crippen molar-refractivity contribution >= 4 is 51.8 Å². The molecule has 0 saturated carbocycles. The normalized spacial score (nSPS) is 10.6. The number of aromatic nitrogens is 1. The largest absolute Gasteiger partial charge is 0.481 e. The Kier molecular flexibility index (Phi) is 6.16. The third kappa shape index (κ3) is 4.90. The van der Waals surface area contributed by atoms with E-state index in [0.717, 1.165) is 10.3 Å². The van der Waals surface area contributed by atoms with Crippen LogP contribution >= 0.6 is 23.4 Å². The van der Waals surface area contributed by atoms with Crippen molar-refractivity contribution in [2.75, 3.05) is 17.7 Å². The third-order valence-corrected chi connectivity index (χ3v) is 4.99. The molecule has 2 amide bonds. The molecule has 0 aliphatic carbocycles. The van der Waals surface area contributed by atoms with Crippen molar-refractivity contribution in [3.8, 4) is 5.75 Å². The summed E-state index contributed by atoms with van der Waals surface area (Å²) in [6.07, 6.45) is 1.64. The molecule has 0 radical (unpaired) electrons. The van der Waals surface area contributed by atoms with E-state index in [1.807, 2.05) is 12.1 Å². The number of benzene rings is 2. The molecule has 1 aromatic heterocycles. The zero-order valence-corrected chi connectivity index (χ0v) is 15.7. The van der Waals surface area contributed by atoms with Gasteiger partial charge in [0.1, 0.15) is 11.3 Å². The zero-order chi connectivity index (χ0) is 19.2. The van der Waals surface area contributed by atoms with Crippen molar-refractivity contribution in [3.63, 3.8) is 0 Å². The number of nitrogens with one attached hydrogen (secondary N) is 1. The number of hydrogen-bond acceptors (Lipinski definition) is 5. The number of hydrogen-bond donors (Lipinski definition) is 2. The number of thioether (sulfide) groups is 1. The topological polar surface area (TPSA) is 94.3 Å². The van der Waals surface area contributed by atoms with Crippen LogP contribution in [0.25, 0.3) is 10.9 Å². The van der Waals surface area contributed by atoms with Gasteiger partial charge in [0.05, 0.1) is 16.5 Å². The smallest absolute Gasteiger partial charge is 0.262 e. The molecule has 8 heteroatoms. The van der Waals surface area contributed by atoms with Gasteiger partial charge >= 0.3 is 0 Å². The molecular weight excluding hydrogens is 386 g/mol. The van der Waals surface area contributed by atoms with Gasteiger partial charge in [-0.3, -0.25) is 14.6 Å². The highest BCUT2D eigenvalue weighted by Crippen LogP contribution is 2.30. The van der Waals surface area contributed by atoms with Crippen LogP contribution in [0.2, 0.25) is 5.02 Å². The van der Waals surface area contributed by atoms with Gasteiger partial charge in [-0.05, 0) is 36.4 Å². The number of nitrogens with zero attached hydrogens (tertiary/aromatic N) is 1. The first kappa shape index (κ1) is 19.0. The number of amides is 2. The average Bonchev–Trinajstić information content (AvgIpc) is 2.67. The quantitative estimate of drug-likeness (QED) is 0.591. The van der Waals surface area contributed by atoms with E-state index in [4.69, 9.17) is 22.1 Å². The lowest BCUT2D eigenvalue weighted by atomic mass is 10.2. The lowest BCUT2D eigenvalue weighted by Gasteiger charge is -2.12. The van der Waals surface area contributed by atoms with Crippen LogP contribution in [-0.4, -0.2) is 29.2 Å². The van der Waals surface area contributed by atoms with Gasteiger partial charge in [-0.25, -0.2) is 0 Å². The van der Waals surface area contributed by atoms with Crippen LogP contribution in [0.5, 0.6) is 5.75 Å². The molecule has 3 rings (SSSR count). The van der Waals surface area contributed by atoms with Crippen LogP contribution in [0.1, 0.15) is 0 Å². The van der Waals surface area contributed by atoms with Crippen molar-refractivity contribution in [3.05, 3.63) is 59.8 Å². The van der Waals surface area contributed by atoms with Gasteiger partial charge in [-0.15, -0.1) is 11.8 Å². The van der Waals surface area contributed by atoms with Crippen molar-refractivity contribution in [2.24, 2.45) is 5.73 Å². The number of ether oxygens (including phenoxy) is 1. The van der Waals surface area contributed by atoms with Gasteiger partial charge in [0, 0.05) is 16.5 Å². The molecule has 0 atom stereocenters. The monoisotopic (exact) mass is 401 g/mol. The van der Waals surface area contributed by atoms with Gasteiger partial charge in [0.15, 0.2) is 6.61 Å². The van der Waals surface area contributed by atoms with Crippen molar-refractivity contribution in [1.29, 1.82) is 0 Å². The second-order valence-electron chi connectivity index (χ2n) is 5.53. The lowest BCUT2D eigenvalue weighted by molar-refractivity contribution is -0.118. The minimum absolute atomic E-state index is 0.131. The molecule has 3 N–H and O–H groups in total. The molecule has 0 unspecified atom stereocenters. The number of fused-ring (bicyclic) bond motifs is 1. The highest BCUT2D eigenvalue weighted by atomic mass is 35.5. The predicted molar refractivity (Wildman–Crippen MR) is 107 cm³/mol. The highest BCUT2D eigenvalue weighted by molar-refractivity contribution is 8.00. The Morgan fingerprint density at radius 1 is 1.15 bits per heavy atom. The van der Waals surface area contributed by atoms with Gasteiger partial charge in [0.25, 0.3) is 5.91 Å². The molecule has 0 bridgehead atoms. The first-order valence-corrected chi connectivity index (χ1v) is 9.37. The average molecular weight is 402 g/mol. The van der Waals surface area contributed by atoms with Crippen molar-refractivity contribution in [1.82, 2.24) is 4.98 Å². The molecule has 0 spiro atoms. The zero-order valence-electron chi connectivity index (χ0n) is 14.1. The van der Waals surface area contributed by atoms with Crippen LogP contribution in [0, 0.1) is 0 Å². The van der Waals surface area contributed by atoms with E-state index in [1.165, 1.54) is 11.8 Å². The maximum absolute atomic E-state index is 12.3. The lowest BCUT2D eigenvalue weighted by Crippen LogP contribution is -2.21. The minimum atomic E-state index is -0.424. The fraction of sp³-hybridized carbons (Fsp3) is 0.105. The molecule has 3 aromatic rings. The summed E-state index contributed by atoms with van der Waals surface area (Å²) in [5.41, 5.74) is 6.36. The van der Waals surface area contributed by atoms with Crippen LogP contribution in [-0.2, 0) is 9.59 Å². The van der Waals surface area contributed by atoms with Crippen molar-refractivity contribution in [2.45, 2.75) is 4.90 Å². The molecule has 138 valence electrons. The molecule has 0 aliphatic rings. The van der Waals surface area contributed by atoms with Crippen molar-refractivity contribution < 1.29 is 14.3 Å². The van der Waals surface area contributed by atoms with E-state index in [-0.39, 0.29) is 18.3 Å². The summed E-state index contributed by atoms with van der Waals surface area (Å²) in [4.78, 5) is 28.3. The molecule has 1 heterocycles. The summed E-state index contributed by atoms with van der Waals surface area (Å²) in [7, 11) is 0. The fourth-order valence-corrected chi connectivity index (χ4v) is 3.37. The molecule has 0 fully saturated rings. The summed E-state index contributed by atoms with van der Waals surface area (Å²) in [5, 5.41) is 4.10. The molecular formula is C19H16ClN3O3S. The van der Waals surface area contributed by atoms with Gasteiger partial charge in [0.2, 0.25) is 5.91 Å². The maximum atomic E-state index is 12.3. The standard InChI is InChI=1S/C19H16ClN3O3S/c20-13-7-8-15(19-12(13)4-3-9-22-19)26-10-18(25)23-14-5-1-2-6-16(14)27-11-17(21)24/h1-9H,10-11H2,(H2,21,24)(H,23,25). The number of anilines is 1. The summed E-state index contributed by atoms with van der Waals surface area (Å²) >= 11 is 7.42. The highest BCUT2D eigenvalue weighted by Gasteiger charge is 2.11. The molecule has 2 aromatic carbocycles. The van der Waals surface area contributed by atoms with E-state index in [1.54, 1.807) is 42.6 Å². The molecule has 6 nitrogen and oxygen atoms in total. The maximum Gasteiger partial charge on any atom is 0.262 e. The minimum Gasteiger partial charge on any atom is -0.481 e. The summed E-state index contributed by atoms with van der Waals surface area (Å²) < 4.78 is 5.63. The van der Waals surface area contributed by atoms with Crippen LogP contribution < -0.4 is 15.8 Å². The molecule has 0 saturated heterocycles. The van der Waals surface area contributed by atoms with E-state index in [2.05, 4.69) is 10.3 Å². The summed E-state index contributed by atoms with van der Waals surface area (Å²) in [6.45, 7) is -0.192. The number of rotatable bonds is 7. The van der Waals surface area contributed by atoms with E-state index in [0.29, 0.717) is 22.0 Å². The Morgan fingerprint density at radius 3 is 2.78 bits per heavy atom. The van der Waals surface area contributed by atoms with Crippen LogP contribution in [0.15, 0.2) is 59.6 Å². The Labute approximate surface area is 165 Å². The predicted octanol–water partition coefficient (Wildman–Crippen LogP) is 3.48. The van der Waals surface area contributed by atoms with Gasteiger partial charge in [-0.1, -0.05) is 23.7 Å². The van der Waals surface area contributed by atoms with Gasteiger partial charge < -0.3 is 15.8 Å². The number of nitrogens with two attached hydrogens (primary N) is 1. The van der Waals surface area contributed by atoms with Crippen LogP contribution in [0.3, 0.4) is 0 Å². The van der Waals surface area contributed by atoms with Gasteiger partial charge in [-0.2, -0.15) is 0 Å². The molecule has 27 heavy (non-hydrogen) atoms. The Balaban J connectivity index is 1.68. The number of carbonyl (C=O) groups excluding carboxylic acids is 2. The number of primary amides is 1. The van der Waals surface area contributed by atoms with E-state index >= 15 is 0 Å². The summed E-state index contributed by atoms with van der Waals surface area (Å²) in [6, 6.07) is 14.2. The van der Waals surface area contributed by atoms with Crippen LogP contribution in [0.4, 0.5) is 5.69 Å². The number of halogens is 1. The van der Waals surface area contributed by atoms with E-state index < -0.39 is 5.91 Å². The fourth-order valence-electron chi connectivity index (χ4n) is 2.40. The SMILES string of the molecule is NC(=O)CSc1ccccc1NC(=O)COc1ccc(Cl)c2cccnc12. The van der Waals surface area contributed by atoms with E-state index in [9.17, 15) is 9.59 Å². The third-order valence-electron chi connectivity index (χ3n) is 3.57. The molecule has 0 aliphatic heterocycles. The number of para-hydroxylation sites is 1. The second-order valence-corrected chi connectivity index (χ2v) is 6.96.